The molecule has 6 heteroatoms. The van der Waals surface area contributed by atoms with Gasteiger partial charge in [0.05, 0.1) is 0 Å². The molecule has 2 aromatic rings. The van der Waals surface area contributed by atoms with E-state index in [4.69, 9.17) is 4.74 Å². The SMILES string of the molecule is CC1=C(c2ccc(F)cc2)c2ccc(CNS(=O)[O-])cc2OC1(C)C. The van der Waals surface area contributed by atoms with Crippen LogP contribution in [0.15, 0.2) is 48.0 Å². The molecule has 1 heterocycles. The lowest BCUT2D eigenvalue weighted by Gasteiger charge is -2.36. The van der Waals surface area contributed by atoms with Gasteiger partial charge in [0.15, 0.2) is 0 Å². The number of halogens is 1. The summed E-state index contributed by atoms with van der Waals surface area (Å²) in [5, 5.41) is 0. The number of benzene rings is 2. The standard InChI is InChI=1S/C19H20FNO3S/c1-12-18(14-5-7-15(20)8-6-14)16-9-4-13(11-21-25(22)23)10-17(16)24-19(12,2)3/h4-10,21H,11H2,1-3H3,(H,22,23)/p-1. The van der Waals surface area contributed by atoms with Gasteiger partial charge in [0.1, 0.15) is 17.2 Å². The molecule has 0 fully saturated rings. The van der Waals surface area contributed by atoms with Crippen LogP contribution >= 0.6 is 0 Å². The maximum atomic E-state index is 13.3. The molecule has 0 saturated carbocycles. The molecule has 0 bridgehead atoms. The highest BCUT2D eigenvalue weighted by atomic mass is 32.2. The van der Waals surface area contributed by atoms with Gasteiger partial charge < -0.3 is 9.29 Å². The molecular formula is C19H19FNO3S-. The molecule has 0 aromatic heterocycles. The van der Waals surface area contributed by atoms with E-state index in [9.17, 15) is 13.2 Å². The van der Waals surface area contributed by atoms with Crippen molar-refractivity contribution in [2.24, 2.45) is 0 Å². The maximum absolute atomic E-state index is 13.3. The van der Waals surface area contributed by atoms with Crippen LogP contribution in [-0.2, 0) is 17.8 Å². The van der Waals surface area contributed by atoms with E-state index in [0.29, 0.717) is 5.75 Å². The first kappa shape index (κ1) is 17.8. The first-order valence-electron chi connectivity index (χ1n) is 7.90. The summed E-state index contributed by atoms with van der Waals surface area (Å²) in [6.45, 7) is 6.16. The lowest BCUT2D eigenvalue weighted by Crippen LogP contribution is -2.34. The number of hydrogen-bond donors (Lipinski definition) is 1. The summed E-state index contributed by atoms with van der Waals surface area (Å²) in [5.74, 6) is 0.409. The Morgan fingerprint density at radius 3 is 2.52 bits per heavy atom. The fraction of sp³-hybridized carbons (Fsp3) is 0.263. The Hall–Kier alpha value is -2.02. The first-order chi connectivity index (χ1) is 11.8. The smallest absolute Gasteiger partial charge is 0.128 e. The molecule has 1 N–H and O–H groups in total. The third-order valence-electron chi connectivity index (χ3n) is 4.49. The van der Waals surface area contributed by atoms with Crippen LogP contribution in [-0.4, -0.2) is 14.4 Å². The predicted molar refractivity (Wildman–Crippen MR) is 95.0 cm³/mol. The Kier molecular flexibility index (Phi) is 4.77. The quantitative estimate of drug-likeness (QED) is 0.846. The largest absolute Gasteiger partial charge is 0.760 e. The Balaban J connectivity index is 2.08. The zero-order chi connectivity index (χ0) is 18.2. The number of fused-ring (bicyclic) bond motifs is 1. The first-order valence-corrected chi connectivity index (χ1v) is 8.98. The average Bonchev–Trinajstić information content (AvgIpc) is 2.55. The fourth-order valence-electron chi connectivity index (χ4n) is 2.95. The van der Waals surface area contributed by atoms with E-state index in [1.807, 2.05) is 39.0 Å². The molecule has 1 unspecified atom stereocenters. The zero-order valence-corrected chi connectivity index (χ0v) is 15.1. The van der Waals surface area contributed by atoms with E-state index >= 15 is 0 Å². The summed E-state index contributed by atoms with van der Waals surface area (Å²) in [6, 6.07) is 12.0. The summed E-state index contributed by atoms with van der Waals surface area (Å²) in [5.41, 5.74) is 4.18. The van der Waals surface area contributed by atoms with E-state index in [1.54, 1.807) is 12.1 Å². The van der Waals surface area contributed by atoms with Crippen molar-refractivity contribution in [3.05, 3.63) is 70.5 Å². The minimum Gasteiger partial charge on any atom is -0.760 e. The molecule has 1 aliphatic rings. The molecule has 4 nitrogen and oxygen atoms in total. The van der Waals surface area contributed by atoms with Gasteiger partial charge in [-0.15, -0.1) is 0 Å². The lowest BCUT2D eigenvalue weighted by molar-refractivity contribution is 0.144. The van der Waals surface area contributed by atoms with Crippen molar-refractivity contribution in [2.75, 3.05) is 0 Å². The van der Waals surface area contributed by atoms with Crippen molar-refractivity contribution < 1.29 is 17.9 Å². The van der Waals surface area contributed by atoms with Gasteiger partial charge in [0.2, 0.25) is 0 Å². The van der Waals surface area contributed by atoms with Crippen LogP contribution in [0.3, 0.4) is 0 Å². The highest BCUT2D eigenvalue weighted by molar-refractivity contribution is 7.77. The monoisotopic (exact) mass is 360 g/mol. The van der Waals surface area contributed by atoms with Crippen LogP contribution < -0.4 is 9.46 Å². The second-order valence-corrected chi connectivity index (χ2v) is 7.26. The molecule has 0 saturated heterocycles. The topological polar surface area (TPSA) is 61.4 Å². The molecular weight excluding hydrogens is 341 g/mol. The molecule has 25 heavy (non-hydrogen) atoms. The summed E-state index contributed by atoms with van der Waals surface area (Å²) in [7, 11) is 0. The minimum absolute atomic E-state index is 0.196. The Bertz CT molecular complexity index is 859. The van der Waals surface area contributed by atoms with E-state index in [2.05, 4.69) is 4.72 Å². The molecule has 1 aliphatic heterocycles. The predicted octanol–water partition coefficient (Wildman–Crippen LogP) is 3.70. The number of nitrogens with one attached hydrogen (secondary N) is 1. The number of hydrogen-bond acceptors (Lipinski definition) is 3. The van der Waals surface area contributed by atoms with Gasteiger partial charge in [-0.05, 0) is 61.2 Å². The number of ether oxygens (including phenoxy) is 1. The second-order valence-electron chi connectivity index (χ2n) is 6.51. The fourth-order valence-corrected chi connectivity index (χ4v) is 3.24. The minimum atomic E-state index is -2.31. The van der Waals surface area contributed by atoms with Crippen LogP contribution in [0, 0.1) is 5.82 Å². The van der Waals surface area contributed by atoms with Gasteiger partial charge in [-0.2, -0.15) is 0 Å². The summed E-state index contributed by atoms with van der Waals surface area (Å²) >= 11 is -2.31. The normalized spacial score (nSPS) is 17.0. The van der Waals surface area contributed by atoms with Crippen molar-refractivity contribution in [3.63, 3.8) is 0 Å². The van der Waals surface area contributed by atoms with Gasteiger partial charge >= 0.3 is 0 Å². The molecule has 0 radical (unpaired) electrons. The number of rotatable bonds is 4. The van der Waals surface area contributed by atoms with Crippen molar-refractivity contribution >= 4 is 16.8 Å². The highest BCUT2D eigenvalue weighted by Gasteiger charge is 2.32. The van der Waals surface area contributed by atoms with Crippen LogP contribution in [0.1, 0.15) is 37.5 Å². The van der Waals surface area contributed by atoms with Crippen molar-refractivity contribution in [1.29, 1.82) is 0 Å². The Morgan fingerprint density at radius 1 is 1.20 bits per heavy atom. The molecule has 3 rings (SSSR count). The third kappa shape index (κ3) is 3.66. The molecule has 0 spiro atoms. The van der Waals surface area contributed by atoms with E-state index in [-0.39, 0.29) is 12.4 Å². The van der Waals surface area contributed by atoms with E-state index < -0.39 is 16.9 Å². The molecule has 0 amide bonds. The van der Waals surface area contributed by atoms with Crippen LogP contribution in [0.25, 0.3) is 5.57 Å². The van der Waals surface area contributed by atoms with Gasteiger partial charge in [0, 0.05) is 23.4 Å². The summed E-state index contributed by atoms with van der Waals surface area (Å²) in [4.78, 5) is 0. The average molecular weight is 360 g/mol. The lowest BCUT2D eigenvalue weighted by atomic mass is 9.83. The summed E-state index contributed by atoms with van der Waals surface area (Å²) < 4.78 is 43.2. The molecule has 0 aliphatic carbocycles. The van der Waals surface area contributed by atoms with Gasteiger partial charge in [-0.1, -0.05) is 24.3 Å². The van der Waals surface area contributed by atoms with E-state index in [0.717, 1.165) is 27.8 Å². The Labute approximate surface area is 149 Å². The van der Waals surface area contributed by atoms with E-state index in [1.165, 1.54) is 12.1 Å². The highest BCUT2D eigenvalue weighted by Crippen LogP contribution is 2.44. The Morgan fingerprint density at radius 2 is 1.88 bits per heavy atom. The van der Waals surface area contributed by atoms with Crippen molar-refractivity contribution in [2.45, 2.75) is 32.9 Å². The maximum Gasteiger partial charge on any atom is 0.128 e. The summed E-state index contributed by atoms with van der Waals surface area (Å²) in [6.07, 6.45) is 0. The molecule has 1 atom stereocenters. The van der Waals surface area contributed by atoms with Crippen LogP contribution in [0.4, 0.5) is 4.39 Å². The third-order valence-corrected chi connectivity index (χ3v) is 4.87. The van der Waals surface area contributed by atoms with Crippen LogP contribution in [0.5, 0.6) is 5.75 Å². The second kappa shape index (κ2) is 6.71. The van der Waals surface area contributed by atoms with Gasteiger partial charge in [0.25, 0.3) is 0 Å². The molecule has 132 valence electrons. The van der Waals surface area contributed by atoms with Crippen LogP contribution in [0.2, 0.25) is 0 Å². The van der Waals surface area contributed by atoms with Crippen molar-refractivity contribution in [3.8, 4) is 5.75 Å². The molecule has 2 aromatic carbocycles. The van der Waals surface area contributed by atoms with Gasteiger partial charge in [-0.25, -0.2) is 9.11 Å². The zero-order valence-electron chi connectivity index (χ0n) is 14.3. The van der Waals surface area contributed by atoms with Gasteiger partial charge in [-0.3, -0.25) is 4.21 Å². The van der Waals surface area contributed by atoms with Crippen molar-refractivity contribution in [1.82, 2.24) is 4.72 Å².